The number of rotatable bonds is 4. The lowest BCUT2D eigenvalue weighted by Gasteiger charge is -2.37. The Morgan fingerprint density at radius 2 is 1.17 bits per heavy atom. The fourth-order valence-electron chi connectivity index (χ4n) is 8.36. The topological polar surface area (TPSA) is 26.6 Å². The number of nitrogens with zero attached hydrogens (tertiary/aromatic N) is 2. The van der Waals surface area contributed by atoms with Crippen LogP contribution in [0.5, 0.6) is 5.75 Å². The minimum atomic E-state index is -0.823. The van der Waals surface area contributed by atoms with E-state index in [0.717, 1.165) is 54.1 Å². The molecule has 0 spiro atoms. The molecule has 7 aromatic rings. The quantitative estimate of drug-likeness (QED) is 0.183. The van der Waals surface area contributed by atoms with Crippen molar-refractivity contribution < 1.29 is 9.47 Å². The van der Waals surface area contributed by atoms with Gasteiger partial charge in [-0.1, -0.05) is 133 Å². The number of morpholine rings is 1. The maximum absolute atomic E-state index is 7.61. The molecule has 0 aliphatic carbocycles. The third-order valence-corrected chi connectivity index (χ3v) is 11.3. The molecule has 3 heterocycles. The molecule has 2 aliphatic heterocycles. The molecule has 6 aromatic carbocycles. The Morgan fingerprint density at radius 3 is 1.83 bits per heavy atom. The molecule has 1 aromatic heterocycles. The van der Waals surface area contributed by atoms with Crippen molar-refractivity contribution in [1.82, 2.24) is 4.57 Å². The fourth-order valence-corrected chi connectivity index (χ4v) is 8.36. The van der Waals surface area contributed by atoms with E-state index in [9.17, 15) is 0 Å². The molecule has 1 fully saturated rings. The van der Waals surface area contributed by atoms with Gasteiger partial charge in [-0.25, -0.2) is 0 Å². The molecule has 0 radical (unpaired) electrons. The average Bonchev–Trinajstić information content (AvgIpc) is 3.53. The summed E-state index contributed by atoms with van der Waals surface area (Å²) in [5.41, 5.74) is 9.85. The molecule has 4 nitrogen and oxygen atoms in total. The molecule has 53 heavy (non-hydrogen) atoms. The zero-order valence-electron chi connectivity index (χ0n) is 31.7. The van der Waals surface area contributed by atoms with E-state index in [-0.39, 0.29) is 10.8 Å². The van der Waals surface area contributed by atoms with Crippen LogP contribution in [-0.4, -0.2) is 30.9 Å². The van der Waals surface area contributed by atoms with E-state index in [1.165, 1.54) is 49.7 Å². The van der Waals surface area contributed by atoms with Gasteiger partial charge in [0.2, 0.25) is 0 Å². The van der Waals surface area contributed by atoms with Crippen LogP contribution in [0.1, 0.15) is 69.4 Å². The highest BCUT2D eigenvalue weighted by molar-refractivity contribution is 6.25. The summed E-state index contributed by atoms with van der Waals surface area (Å²) >= 11 is 0. The first-order valence-electron chi connectivity index (χ1n) is 19.0. The summed E-state index contributed by atoms with van der Waals surface area (Å²) in [7, 11) is 0. The Labute approximate surface area is 313 Å². The van der Waals surface area contributed by atoms with Gasteiger partial charge in [0, 0.05) is 57.3 Å². The molecule has 4 heteroatoms. The molecule has 2 aliphatic rings. The largest absolute Gasteiger partial charge is 0.472 e. The van der Waals surface area contributed by atoms with Crippen LogP contribution in [0.15, 0.2) is 127 Å². The maximum atomic E-state index is 7.61. The summed E-state index contributed by atoms with van der Waals surface area (Å²) in [6, 6.07) is 44.5. The Kier molecular flexibility index (Phi) is 7.83. The van der Waals surface area contributed by atoms with Gasteiger partial charge in [-0.05, 0) is 69.8 Å². The van der Waals surface area contributed by atoms with Crippen molar-refractivity contribution in [3.8, 4) is 11.4 Å². The van der Waals surface area contributed by atoms with Crippen LogP contribution >= 0.6 is 0 Å². The van der Waals surface area contributed by atoms with Crippen LogP contribution in [0.3, 0.4) is 0 Å². The highest BCUT2D eigenvalue weighted by Crippen LogP contribution is 2.51. The van der Waals surface area contributed by atoms with Crippen molar-refractivity contribution in [1.29, 1.82) is 0 Å². The third-order valence-electron chi connectivity index (χ3n) is 11.3. The van der Waals surface area contributed by atoms with Crippen LogP contribution in [0, 0.1) is 0 Å². The summed E-state index contributed by atoms with van der Waals surface area (Å²) < 4.78 is 15.7. The minimum Gasteiger partial charge on any atom is -0.472 e. The summed E-state index contributed by atoms with van der Waals surface area (Å²) in [5, 5.41) is 4.81. The molecule has 1 unspecified atom stereocenters. The molecular weight excluding hydrogens is 649 g/mol. The predicted octanol–water partition coefficient (Wildman–Crippen LogP) is 11.7. The zero-order valence-corrected chi connectivity index (χ0v) is 31.7. The first-order valence-corrected chi connectivity index (χ1v) is 19.0. The van der Waals surface area contributed by atoms with E-state index < -0.39 is 5.60 Å². The smallest absolute Gasteiger partial charge is 0.178 e. The number of anilines is 1. The molecule has 0 amide bonds. The van der Waals surface area contributed by atoms with Gasteiger partial charge in [-0.3, -0.25) is 0 Å². The normalized spacial score (nSPS) is 17.7. The van der Waals surface area contributed by atoms with Crippen molar-refractivity contribution in [3.05, 3.63) is 155 Å². The lowest BCUT2D eigenvalue weighted by atomic mass is 9.80. The number of aromatic nitrogens is 1. The highest BCUT2D eigenvalue weighted by atomic mass is 16.5. The standard InChI is InChI=1S/C49H48N2O2/c1-47(2,3)35-30-36(48(4,5)6)32-38(31-35)51-43-19-13-12-18-41(43)44-39-16-10-11-17-40(39)46-42(45(44)51)24-25-49(53-46,33-14-8-7-9-15-33)34-20-22-37(23-21-34)50-26-28-52-29-27-50/h7-25,30-32H,26-29H2,1-6H3. The van der Waals surface area contributed by atoms with Gasteiger partial charge >= 0.3 is 0 Å². The molecule has 266 valence electrons. The number of hydrogen-bond acceptors (Lipinski definition) is 3. The highest BCUT2D eigenvalue weighted by Gasteiger charge is 2.39. The molecule has 9 rings (SSSR count). The van der Waals surface area contributed by atoms with Crippen LogP contribution in [0.2, 0.25) is 0 Å². The second-order valence-electron chi connectivity index (χ2n) is 16.8. The summed E-state index contributed by atoms with van der Waals surface area (Å²) in [5.74, 6) is 0.906. The van der Waals surface area contributed by atoms with Crippen molar-refractivity contribution in [2.75, 3.05) is 31.2 Å². The van der Waals surface area contributed by atoms with Gasteiger partial charge in [0.25, 0.3) is 0 Å². The Hall–Kier alpha value is -5.32. The summed E-state index contributed by atoms with van der Waals surface area (Å²) in [6.45, 7) is 17.2. The van der Waals surface area contributed by atoms with Gasteiger partial charge < -0.3 is 18.9 Å². The number of para-hydroxylation sites is 1. The Morgan fingerprint density at radius 1 is 0.585 bits per heavy atom. The monoisotopic (exact) mass is 696 g/mol. The Balaban J connectivity index is 1.34. The zero-order chi connectivity index (χ0) is 36.5. The van der Waals surface area contributed by atoms with Gasteiger partial charge in [-0.15, -0.1) is 0 Å². The van der Waals surface area contributed by atoms with Gasteiger partial charge in [0.05, 0.1) is 24.2 Å². The maximum Gasteiger partial charge on any atom is 0.178 e. The first-order chi connectivity index (χ1) is 25.5. The SMILES string of the molecule is CC(C)(C)c1cc(-n2c3ccccc3c3c4ccccc4c4c(c32)C=CC(c2ccccc2)(c2ccc(N3CCOCC3)cc2)O4)cc(C(C)(C)C)c1. The van der Waals surface area contributed by atoms with Crippen LogP contribution in [0.4, 0.5) is 5.69 Å². The molecule has 1 saturated heterocycles. The van der Waals surface area contributed by atoms with Crippen molar-refractivity contribution in [3.63, 3.8) is 0 Å². The van der Waals surface area contributed by atoms with Gasteiger partial charge in [0.1, 0.15) is 5.75 Å². The minimum absolute atomic E-state index is 0.0173. The van der Waals surface area contributed by atoms with Crippen molar-refractivity contribution >= 4 is 44.3 Å². The van der Waals surface area contributed by atoms with E-state index in [4.69, 9.17) is 9.47 Å². The molecule has 1 atom stereocenters. The van der Waals surface area contributed by atoms with Crippen LogP contribution < -0.4 is 9.64 Å². The second-order valence-corrected chi connectivity index (χ2v) is 16.8. The van der Waals surface area contributed by atoms with E-state index >= 15 is 0 Å². The van der Waals surface area contributed by atoms with E-state index in [1.54, 1.807) is 0 Å². The fraction of sp³-hybridized carbons (Fsp3) is 0.265. The number of ether oxygens (including phenoxy) is 2. The van der Waals surface area contributed by atoms with E-state index in [2.05, 4.69) is 184 Å². The summed E-state index contributed by atoms with van der Waals surface area (Å²) in [6.07, 6.45) is 4.63. The number of fused-ring (bicyclic) bond motifs is 8. The van der Waals surface area contributed by atoms with E-state index in [0.29, 0.717) is 0 Å². The second kappa shape index (κ2) is 12.4. The number of benzene rings is 6. The summed E-state index contributed by atoms with van der Waals surface area (Å²) in [4.78, 5) is 2.40. The molecule has 0 N–H and O–H groups in total. The Bertz CT molecular complexity index is 2490. The lowest BCUT2D eigenvalue weighted by Crippen LogP contribution is -2.36. The van der Waals surface area contributed by atoms with Gasteiger partial charge in [-0.2, -0.15) is 0 Å². The molecule has 0 saturated carbocycles. The number of hydrogen-bond donors (Lipinski definition) is 0. The van der Waals surface area contributed by atoms with Crippen LogP contribution in [0.25, 0.3) is 44.3 Å². The van der Waals surface area contributed by atoms with Crippen molar-refractivity contribution in [2.24, 2.45) is 0 Å². The van der Waals surface area contributed by atoms with E-state index in [1.807, 2.05) is 0 Å². The van der Waals surface area contributed by atoms with Gasteiger partial charge in [0.15, 0.2) is 5.60 Å². The van der Waals surface area contributed by atoms with Crippen LogP contribution in [-0.2, 0) is 21.2 Å². The average molecular weight is 697 g/mol. The lowest BCUT2D eigenvalue weighted by molar-refractivity contribution is 0.122. The van der Waals surface area contributed by atoms with Crippen molar-refractivity contribution in [2.45, 2.75) is 58.0 Å². The predicted molar refractivity (Wildman–Crippen MR) is 222 cm³/mol. The first kappa shape index (κ1) is 33.5. The third kappa shape index (κ3) is 5.54. The molecule has 0 bridgehead atoms. The molecular formula is C49H48N2O2.